The molecule has 3 N–H and O–H groups in total. The van der Waals surface area contributed by atoms with E-state index in [4.69, 9.17) is 4.74 Å². The minimum Gasteiger partial charge on any atom is -0.392 e. The minimum absolute atomic E-state index is 0.156. The lowest BCUT2D eigenvalue weighted by Gasteiger charge is -2.27. The van der Waals surface area contributed by atoms with Crippen LogP contribution in [0.1, 0.15) is 58.8 Å². The van der Waals surface area contributed by atoms with E-state index in [1.165, 1.54) is 5.57 Å². The number of carbonyl (C=O) groups excluding carboxylic acids is 1. The predicted molar refractivity (Wildman–Crippen MR) is 123 cm³/mol. The fraction of sp³-hybridized carbons (Fsp3) is 0.800. The van der Waals surface area contributed by atoms with Crippen molar-refractivity contribution in [3.63, 3.8) is 0 Å². The Morgan fingerprint density at radius 2 is 2.16 bits per heavy atom. The molecule has 1 aliphatic heterocycles. The highest BCUT2D eigenvalue weighted by molar-refractivity contribution is 5.78. The van der Waals surface area contributed by atoms with Crippen molar-refractivity contribution in [1.29, 1.82) is 0 Å². The number of unbranched alkanes of at least 4 members (excludes halogenated alkanes) is 1. The standard InChI is InChI=1S/C25H42N2O4/c1-3-4-8-25(2,30)9-5-6-21-22-16-19(15-20(22)17-23(21)28)7-10-26-18-24(29)27-11-13-31-14-12-27/h5-6,15,20-23,26,28,30H,3-4,7-14,16-18H2,1-2H3/b6-5+/t20-,21?,22?,23+,25-/m0/s1. The molecule has 1 amide bonds. The van der Waals surface area contributed by atoms with Gasteiger partial charge in [0.2, 0.25) is 5.91 Å². The minimum atomic E-state index is -0.654. The van der Waals surface area contributed by atoms with Crippen molar-refractivity contribution in [1.82, 2.24) is 10.2 Å². The highest BCUT2D eigenvalue weighted by Gasteiger charge is 2.43. The van der Waals surface area contributed by atoms with Gasteiger partial charge in [-0.1, -0.05) is 43.6 Å². The van der Waals surface area contributed by atoms with E-state index < -0.39 is 5.60 Å². The average molecular weight is 435 g/mol. The Balaban J connectivity index is 1.39. The third kappa shape index (κ3) is 7.14. The number of ether oxygens (including phenoxy) is 1. The topological polar surface area (TPSA) is 82.0 Å². The Morgan fingerprint density at radius 3 is 2.90 bits per heavy atom. The summed E-state index contributed by atoms with van der Waals surface area (Å²) in [5.74, 6) is 1.26. The van der Waals surface area contributed by atoms with E-state index in [1.54, 1.807) is 0 Å². The molecule has 2 fully saturated rings. The molecule has 2 aliphatic carbocycles. The number of nitrogens with one attached hydrogen (secondary N) is 1. The van der Waals surface area contributed by atoms with Gasteiger partial charge in [0, 0.05) is 19.0 Å². The molecule has 1 saturated carbocycles. The second-order valence-electron chi connectivity index (χ2n) is 9.89. The van der Waals surface area contributed by atoms with Crippen LogP contribution in [0.15, 0.2) is 23.8 Å². The van der Waals surface area contributed by atoms with Gasteiger partial charge in [-0.15, -0.1) is 0 Å². The molecular formula is C25H42N2O4. The summed E-state index contributed by atoms with van der Waals surface area (Å²) in [6.45, 7) is 7.92. The Hall–Kier alpha value is -1.21. The summed E-state index contributed by atoms with van der Waals surface area (Å²) < 4.78 is 5.30. The van der Waals surface area contributed by atoms with Crippen molar-refractivity contribution in [2.45, 2.75) is 70.5 Å². The normalized spacial score (nSPS) is 30.5. The van der Waals surface area contributed by atoms with Gasteiger partial charge in [-0.2, -0.15) is 0 Å². The molecule has 6 heteroatoms. The van der Waals surface area contributed by atoms with Crippen molar-refractivity contribution >= 4 is 5.91 Å². The van der Waals surface area contributed by atoms with Gasteiger partial charge in [-0.05, 0) is 57.4 Å². The fourth-order valence-electron chi connectivity index (χ4n) is 5.30. The van der Waals surface area contributed by atoms with E-state index in [-0.39, 0.29) is 17.9 Å². The Morgan fingerprint density at radius 1 is 1.39 bits per heavy atom. The van der Waals surface area contributed by atoms with Crippen LogP contribution in [-0.2, 0) is 9.53 Å². The van der Waals surface area contributed by atoms with Crippen LogP contribution >= 0.6 is 0 Å². The maximum atomic E-state index is 12.2. The third-order valence-corrected chi connectivity index (χ3v) is 7.20. The van der Waals surface area contributed by atoms with Gasteiger partial charge in [0.15, 0.2) is 0 Å². The summed E-state index contributed by atoms with van der Waals surface area (Å²) >= 11 is 0. The van der Waals surface area contributed by atoms with E-state index in [9.17, 15) is 15.0 Å². The summed E-state index contributed by atoms with van der Waals surface area (Å²) in [6, 6.07) is 0. The largest absolute Gasteiger partial charge is 0.392 e. The van der Waals surface area contributed by atoms with Crippen molar-refractivity contribution in [3.8, 4) is 0 Å². The van der Waals surface area contributed by atoms with Crippen LogP contribution in [0.2, 0.25) is 0 Å². The molecule has 5 atom stereocenters. The van der Waals surface area contributed by atoms with Crippen molar-refractivity contribution in [2.24, 2.45) is 17.8 Å². The van der Waals surface area contributed by atoms with Crippen molar-refractivity contribution in [2.75, 3.05) is 39.4 Å². The molecule has 3 aliphatic rings. The predicted octanol–water partition coefficient (Wildman–Crippen LogP) is 2.66. The van der Waals surface area contributed by atoms with Gasteiger partial charge < -0.3 is 25.2 Å². The first kappa shape index (κ1) is 24.4. The van der Waals surface area contributed by atoms with Crippen LogP contribution in [0.3, 0.4) is 0 Å². The highest BCUT2D eigenvalue weighted by atomic mass is 16.5. The summed E-state index contributed by atoms with van der Waals surface area (Å²) in [4.78, 5) is 14.1. The number of rotatable bonds is 11. The first-order valence-corrected chi connectivity index (χ1v) is 12.2. The molecular weight excluding hydrogens is 392 g/mol. The van der Waals surface area contributed by atoms with E-state index in [2.05, 4.69) is 30.5 Å². The Bertz CT molecular complexity index is 639. The molecule has 0 aromatic carbocycles. The number of aliphatic hydroxyl groups excluding tert-OH is 1. The molecule has 0 bridgehead atoms. The Labute approximate surface area is 187 Å². The summed E-state index contributed by atoms with van der Waals surface area (Å²) in [5, 5.41) is 24.3. The number of aliphatic hydroxyl groups is 2. The number of hydrogen-bond donors (Lipinski definition) is 3. The SMILES string of the molecule is CCCC[C@](C)(O)C/C=C/C1C2CC(CCNCC(=O)N3CCOCC3)=C[C@H]2C[C@H]1O. The third-order valence-electron chi connectivity index (χ3n) is 7.20. The maximum Gasteiger partial charge on any atom is 0.236 e. The van der Waals surface area contributed by atoms with Crippen LogP contribution in [-0.4, -0.2) is 72.1 Å². The number of carbonyl (C=O) groups is 1. The fourth-order valence-corrected chi connectivity index (χ4v) is 5.30. The number of nitrogens with zero attached hydrogens (tertiary/aromatic N) is 1. The van der Waals surface area contributed by atoms with Gasteiger partial charge in [0.05, 0.1) is 31.5 Å². The van der Waals surface area contributed by atoms with E-state index in [0.29, 0.717) is 51.1 Å². The van der Waals surface area contributed by atoms with Gasteiger partial charge in [0.25, 0.3) is 0 Å². The molecule has 3 rings (SSSR count). The second-order valence-corrected chi connectivity index (χ2v) is 9.89. The highest BCUT2D eigenvalue weighted by Crippen LogP contribution is 2.48. The summed E-state index contributed by atoms with van der Waals surface area (Å²) in [6.07, 6.45) is 12.7. The first-order chi connectivity index (χ1) is 14.9. The monoisotopic (exact) mass is 434 g/mol. The van der Waals surface area contributed by atoms with Gasteiger partial charge in [-0.25, -0.2) is 0 Å². The molecule has 0 aromatic heterocycles. The lowest BCUT2D eigenvalue weighted by Crippen LogP contribution is -2.44. The number of allylic oxidation sites excluding steroid dienone is 1. The summed E-state index contributed by atoms with van der Waals surface area (Å²) in [5.41, 5.74) is 0.792. The summed E-state index contributed by atoms with van der Waals surface area (Å²) in [7, 11) is 0. The lowest BCUT2D eigenvalue weighted by atomic mass is 9.88. The van der Waals surface area contributed by atoms with Crippen LogP contribution in [0.4, 0.5) is 0 Å². The first-order valence-electron chi connectivity index (χ1n) is 12.2. The second kappa shape index (κ2) is 11.6. The zero-order chi connectivity index (χ0) is 22.3. The quantitative estimate of drug-likeness (QED) is 0.344. The molecule has 0 radical (unpaired) electrons. The molecule has 31 heavy (non-hydrogen) atoms. The molecule has 2 unspecified atom stereocenters. The van der Waals surface area contributed by atoms with Crippen LogP contribution < -0.4 is 5.32 Å². The van der Waals surface area contributed by atoms with Crippen molar-refractivity contribution in [3.05, 3.63) is 23.8 Å². The van der Waals surface area contributed by atoms with E-state index in [1.807, 2.05) is 11.8 Å². The maximum absolute atomic E-state index is 12.2. The molecule has 6 nitrogen and oxygen atoms in total. The number of fused-ring (bicyclic) bond motifs is 1. The Kier molecular flexibility index (Phi) is 9.14. The number of morpholine rings is 1. The molecule has 176 valence electrons. The van der Waals surface area contributed by atoms with Crippen molar-refractivity contribution < 1.29 is 19.7 Å². The average Bonchev–Trinajstić information content (AvgIpc) is 3.27. The van der Waals surface area contributed by atoms with E-state index >= 15 is 0 Å². The van der Waals surface area contributed by atoms with Crippen LogP contribution in [0.25, 0.3) is 0 Å². The van der Waals surface area contributed by atoms with Gasteiger partial charge in [0.1, 0.15) is 0 Å². The molecule has 0 spiro atoms. The number of hydrogen-bond acceptors (Lipinski definition) is 5. The zero-order valence-corrected chi connectivity index (χ0v) is 19.4. The van der Waals surface area contributed by atoms with E-state index in [0.717, 1.165) is 45.1 Å². The van der Waals surface area contributed by atoms with Gasteiger partial charge >= 0.3 is 0 Å². The zero-order valence-electron chi connectivity index (χ0n) is 19.4. The molecule has 1 saturated heterocycles. The smallest absolute Gasteiger partial charge is 0.236 e. The van der Waals surface area contributed by atoms with Crippen LogP contribution in [0, 0.1) is 17.8 Å². The van der Waals surface area contributed by atoms with Crippen LogP contribution in [0.5, 0.6) is 0 Å². The number of amides is 1. The lowest BCUT2D eigenvalue weighted by molar-refractivity contribution is -0.134. The molecule has 1 heterocycles. The molecule has 0 aromatic rings. The van der Waals surface area contributed by atoms with Gasteiger partial charge in [-0.3, -0.25) is 4.79 Å².